The van der Waals surface area contributed by atoms with E-state index in [1.807, 2.05) is 54.6 Å². The molecular weight excluding hydrogens is 494 g/mol. The fraction of sp³-hybridized carbons (Fsp3) is 0.333. The van der Waals surface area contributed by atoms with Crippen LogP contribution in [-0.4, -0.2) is 52.5 Å². The van der Waals surface area contributed by atoms with Gasteiger partial charge in [0.1, 0.15) is 18.1 Å². The van der Waals surface area contributed by atoms with E-state index in [9.17, 15) is 9.59 Å². The quantitative estimate of drug-likeness (QED) is 0.292. The number of aromatic nitrogens is 3. The minimum Gasteiger partial charge on any atom is -0.493 e. The number of nitrogens with zero attached hydrogens (tertiary/aromatic N) is 4. The summed E-state index contributed by atoms with van der Waals surface area (Å²) < 4.78 is 12.8. The molecule has 0 fully saturated rings. The molecule has 1 atom stereocenters. The lowest BCUT2D eigenvalue weighted by Gasteiger charge is -2.32. The number of carbonyl (C=O) groups excluding carboxylic acids is 2. The maximum Gasteiger partial charge on any atom is 0.247 e. The van der Waals surface area contributed by atoms with Crippen LogP contribution in [0.5, 0.6) is 11.5 Å². The number of hydrogen-bond donors (Lipinski definition) is 1. The van der Waals surface area contributed by atoms with Gasteiger partial charge in [-0.15, -0.1) is 5.10 Å². The molecule has 39 heavy (non-hydrogen) atoms. The first-order valence-electron chi connectivity index (χ1n) is 13.0. The number of rotatable bonds is 12. The van der Waals surface area contributed by atoms with Gasteiger partial charge < -0.3 is 19.7 Å². The van der Waals surface area contributed by atoms with E-state index >= 15 is 0 Å². The van der Waals surface area contributed by atoms with Gasteiger partial charge in [-0.05, 0) is 36.1 Å². The number of hydrogen-bond acceptors (Lipinski definition) is 6. The second-order valence-electron chi connectivity index (χ2n) is 9.70. The maximum atomic E-state index is 14.1. The zero-order chi connectivity index (χ0) is 27.8. The first-order valence-corrected chi connectivity index (χ1v) is 13.0. The van der Waals surface area contributed by atoms with Crippen molar-refractivity contribution in [3.63, 3.8) is 0 Å². The highest BCUT2D eigenvalue weighted by Crippen LogP contribution is 2.38. The fourth-order valence-corrected chi connectivity index (χ4v) is 4.52. The molecule has 9 heteroatoms. The molecule has 0 aliphatic carbocycles. The molecule has 0 aliphatic rings. The first-order chi connectivity index (χ1) is 18.9. The summed E-state index contributed by atoms with van der Waals surface area (Å²) in [6.07, 6.45) is 0.811. The number of benzene rings is 3. The third-order valence-corrected chi connectivity index (χ3v) is 6.53. The van der Waals surface area contributed by atoms with Gasteiger partial charge >= 0.3 is 0 Å². The Bertz CT molecular complexity index is 1400. The molecule has 0 spiro atoms. The van der Waals surface area contributed by atoms with Crippen molar-refractivity contribution in [3.8, 4) is 11.5 Å². The topological polar surface area (TPSA) is 98.6 Å². The van der Waals surface area contributed by atoms with E-state index in [4.69, 9.17) is 9.47 Å². The summed E-state index contributed by atoms with van der Waals surface area (Å²) in [5.41, 5.74) is 2.85. The lowest BCUT2D eigenvalue weighted by Crippen LogP contribution is -2.45. The summed E-state index contributed by atoms with van der Waals surface area (Å²) in [6, 6.07) is 21.4. The summed E-state index contributed by atoms with van der Waals surface area (Å²) in [7, 11) is 3.07. The molecule has 3 aromatic carbocycles. The number of ether oxygens (including phenoxy) is 2. The predicted octanol–water partition coefficient (Wildman–Crippen LogP) is 4.38. The van der Waals surface area contributed by atoms with Crippen LogP contribution in [-0.2, 0) is 22.7 Å². The van der Waals surface area contributed by atoms with E-state index in [2.05, 4.69) is 29.5 Å². The zero-order valence-corrected chi connectivity index (χ0v) is 22.8. The highest BCUT2D eigenvalue weighted by Gasteiger charge is 2.35. The van der Waals surface area contributed by atoms with Gasteiger partial charge in [-0.3, -0.25) is 9.59 Å². The lowest BCUT2D eigenvalue weighted by molar-refractivity contribution is -0.142. The second-order valence-corrected chi connectivity index (χ2v) is 9.70. The summed E-state index contributed by atoms with van der Waals surface area (Å²) >= 11 is 0. The van der Waals surface area contributed by atoms with Gasteiger partial charge in [0, 0.05) is 18.7 Å². The molecular formula is C30H35N5O4. The van der Waals surface area contributed by atoms with Crippen LogP contribution in [0.2, 0.25) is 0 Å². The lowest BCUT2D eigenvalue weighted by atomic mass is 10.0. The molecule has 4 rings (SSSR count). The normalized spacial score (nSPS) is 11.8. The van der Waals surface area contributed by atoms with Crippen molar-refractivity contribution in [1.82, 2.24) is 25.2 Å². The number of para-hydroxylation sites is 2. The monoisotopic (exact) mass is 529 g/mol. The van der Waals surface area contributed by atoms with Crippen molar-refractivity contribution in [2.24, 2.45) is 5.92 Å². The van der Waals surface area contributed by atoms with Gasteiger partial charge in [0.25, 0.3) is 0 Å². The molecule has 0 unspecified atom stereocenters. The van der Waals surface area contributed by atoms with Crippen molar-refractivity contribution < 1.29 is 19.1 Å². The van der Waals surface area contributed by atoms with Crippen LogP contribution >= 0.6 is 0 Å². The minimum atomic E-state index is -0.982. The molecule has 0 saturated carbocycles. The minimum absolute atomic E-state index is 0.0879. The summed E-state index contributed by atoms with van der Waals surface area (Å²) in [6.45, 7) is 4.80. The Morgan fingerprint density at radius 1 is 0.949 bits per heavy atom. The Morgan fingerprint density at radius 3 is 2.41 bits per heavy atom. The third-order valence-electron chi connectivity index (χ3n) is 6.53. The Balaban J connectivity index is 1.79. The van der Waals surface area contributed by atoms with Gasteiger partial charge in [-0.1, -0.05) is 73.7 Å². The Kier molecular flexibility index (Phi) is 9.14. The largest absolute Gasteiger partial charge is 0.493 e. The van der Waals surface area contributed by atoms with Gasteiger partial charge in [0.15, 0.2) is 11.5 Å². The van der Waals surface area contributed by atoms with Gasteiger partial charge in [0.05, 0.1) is 19.7 Å². The highest BCUT2D eigenvalue weighted by atomic mass is 16.5. The summed E-state index contributed by atoms with van der Waals surface area (Å²) in [4.78, 5) is 29.6. The van der Waals surface area contributed by atoms with Crippen LogP contribution in [0.4, 0.5) is 0 Å². The zero-order valence-electron chi connectivity index (χ0n) is 22.8. The fourth-order valence-electron chi connectivity index (χ4n) is 4.52. The van der Waals surface area contributed by atoms with Crippen LogP contribution in [0.3, 0.4) is 0 Å². The molecule has 204 valence electrons. The average Bonchev–Trinajstić information content (AvgIpc) is 3.35. The molecule has 0 saturated heterocycles. The molecule has 4 aromatic rings. The number of amides is 2. The van der Waals surface area contributed by atoms with E-state index in [0.29, 0.717) is 35.0 Å². The highest BCUT2D eigenvalue weighted by molar-refractivity contribution is 5.90. The van der Waals surface area contributed by atoms with Crippen LogP contribution in [0, 0.1) is 5.92 Å². The molecule has 1 heterocycles. The molecule has 1 aromatic heterocycles. The van der Waals surface area contributed by atoms with Gasteiger partial charge in [-0.25, -0.2) is 4.68 Å². The number of carbonyl (C=O) groups is 2. The first kappa shape index (κ1) is 27.6. The molecule has 0 radical (unpaired) electrons. The van der Waals surface area contributed by atoms with Crippen LogP contribution < -0.4 is 14.8 Å². The van der Waals surface area contributed by atoms with Crippen molar-refractivity contribution in [2.45, 2.75) is 39.4 Å². The van der Waals surface area contributed by atoms with E-state index < -0.39 is 6.04 Å². The molecule has 1 N–H and O–H groups in total. The van der Waals surface area contributed by atoms with Gasteiger partial charge in [-0.2, -0.15) is 0 Å². The number of fused-ring (bicyclic) bond motifs is 1. The number of methoxy groups -OCH3 is 2. The van der Waals surface area contributed by atoms with E-state index in [1.54, 1.807) is 34.9 Å². The Hall–Kier alpha value is -4.40. The average molecular weight is 530 g/mol. The van der Waals surface area contributed by atoms with Gasteiger partial charge in [0.2, 0.25) is 11.8 Å². The van der Waals surface area contributed by atoms with Crippen molar-refractivity contribution in [2.75, 3.05) is 20.8 Å². The van der Waals surface area contributed by atoms with Crippen LogP contribution in [0.1, 0.15) is 37.4 Å². The molecule has 0 aliphatic heterocycles. The molecule has 2 amide bonds. The maximum absolute atomic E-state index is 14.1. The molecule has 9 nitrogen and oxygen atoms in total. The second kappa shape index (κ2) is 12.9. The van der Waals surface area contributed by atoms with Crippen molar-refractivity contribution in [3.05, 3.63) is 83.9 Å². The Morgan fingerprint density at radius 2 is 1.69 bits per heavy atom. The molecule has 0 bridgehead atoms. The summed E-state index contributed by atoms with van der Waals surface area (Å²) in [5, 5.41) is 11.4. The van der Waals surface area contributed by atoms with Crippen molar-refractivity contribution in [1.29, 1.82) is 0 Å². The van der Waals surface area contributed by atoms with Crippen molar-refractivity contribution >= 4 is 22.8 Å². The van der Waals surface area contributed by atoms with Crippen LogP contribution in [0.15, 0.2) is 72.8 Å². The van der Waals surface area contributed by atoms with Crippen LogP contribution in [0.25, 0.3) is 11.0 Å². The predicted molar refractivity (Wildman–Crippen MR) is 149 cm³/mol. The van der Waals surface area contributed by atoms with E-state index in [1.165, 1.54) is 7.11 Å². The van der Waals surface area contributed by atoms with E-state index in [0.717, 1.165) is 17.5 Å². The summed E-state index contributed by atoms with van der Waals surface area (Å²) in [5.74, 6) is 0.710. The number of nitrogens with one attached hydrogen (secondary N) is 1. The van der Waals surface area contributed by atoms with E-state index in [-0.39, 0.29) is 24.9 Å². The Labute approximate surface area is 228 Å². The smallest absolute Gasteiger partial charge is 0.247 e. The standard InChI is InChI=1S/C30H35N5O4/c1-21(2)17-18-31-30(37)28(23-13-10-16-26(38-3)29(23)39-4)34(19-22-11-6-5-7-12-22)27(36)20-35-25-15-9-8-14-24(25)32-33-35/h5-16,21,28H,17-20H2,1-4H3,(H,31,37)/t28-/m1/s1. The SMILES string of the molecule is COc1cccc([C@H](C(=O)NCCC(C)C)N(Cc2ccccc2)C(=O)Cn2nnc3ccccc32)c1OC. The third kappa shape index (κ3) is 6.54.